The van der Waals surface area contributed by atoms with Crippen molar-refractivity contribution in [2.24, 2.45) is 0 Å². The SMILES string of the molecule is COc1ccc([C@@H](c2ccc(F)cc2)N2CCCNCC2)cc1. The maximum atomic E-state index is 13.3. The Kier molecular flexibility index (Phi) is 5.26. The molecule has 1 fully saturated rings. The van der Waals surface area contributed by atoms with Crippen LogP contribution in [0, 0.1) is 5.82 Å². The summed E-state index contributed by atoms with van der Waals surface area (Å²) in [6.07, 6.45) is 1.12. The van der Waals surface area contributed by atoms with E-state index in [9.17, 15) is 4.39 Å². The summed E-state index contributed by atoms with van der Waals surface area (Å²) in [6.45, 7) is 4.04. The summed E-state index contributed by atoms with van der Waals surface area (Å²) >= 11 is 0. The van der Waals surface area contributed by atoms with Crippen LogP contribution in [0.5, 0.6) is 5.75 Å². The number of rotatable bonds is 4. The third-order valence-electron chi connectivity index (χ3n) is 4.36. The summed E-state index contributed by atoms with van der Waals surface area (Å²) in [4.78, 5) is 2.47. The molecule has 0 saturated carbocycles. The van der Waals surface area contributed by atoms with Crippen LogP contribution in [0.4, 0.5) is 4.39 Å². The zero-order chi connectivity index (χ0) is 16.1. The topological polar surface area (TPSA) is 24.5 Å². The molecule has 1 saturated heterocycles. The number of benzene rings is 2. The van der Waals surface area contributed by atoms with Crippen LogP contribution in [-0.2, 0) is 0 Å². The van der Waals surface area contributed by atoms with Crippen molar-refractivity contribution in [2.75, 3.05) is 33.3 Å². The van der Waals surface area contributed by atoms with Gasteiger partial charge in [0, 0.05) is 19.6 Å². The second kappa shape index (κ2) is 7.57. The van der Waals surface area contributed by atoms with Crippen LogP contribution in [0.15, 0.2) is 48.5 Å². The number of hydrogen-bond acceptors (Lipinski definition) is 3. The molecule has 122 valence electrons. The lowest BCUT2D eigenvalue weighted by Gasteiger charge is -2.31. The van der Waals surface area contributed by atoms with Gasteiger partial charge in [-0.25, -0.2) is 4.39 Å². The average molecular weight is 314 g/mol. The van der Waals surface area contributed by atoms with Crippen LogP contribution in [0.2, 0.25) is 0 Å². The fourth-order valence-electron chi connectivity index (χ4n) is 3.17. The third kappa shape index (κ3) is 3.89. The smallest absolute Gasteiger partial charge is 0.123 e. The molecule has 0 amide bonds. The number of nitrogens with zero attached hydrogens (tertiary/aromatic N) is 1. The van der Waals surface area contributed by atoms with Gasteiger partial charge in [0.2, 0.25) is 0 Å². The minimum atomic E-state index is -0.195. The Labute approximate surface area is 137 Å². The van der Waals surface area contributed by atoms with Gasteiger partial charge in [0.15, 0.2) is 0 Å². The first-order valence-electron chi connectivity index (χ1n) is 8.12. The summed E-state index contributed by atoms with van der Waals surface area (Å²) in [6, 6.07) is 15.2. The standard InChI is InChI=1S/C19H23FN2O/c1-23-18-9-5-16(6-10-18)19(15-3-7-17(20)8-4-15)22-13-2-11-21-12-14-22/h3-10,19,21H,2,11-14H2,1H3/t19-/m1/s1. The predicted molar refractivity (Wildman–Crippen MR) is 90.3 cm³/mol. The molecule has 3 nitrogen and oxygen atoms in total. The highest BCUT2D eigenvalue weighted by Crippen LogP contribution is 2.30. The highest BCUT2D eigenvalue weighted by molar-refractivity contribution is 5.35. The predicted octanol–water partition coefficient (Wildman–Crippen LogP) is 3.22. The molecule has 1 heterocycles. The lowest BCUT2D eigenvalue weighted by Crippen LogP contribution is -2.33. The van der Waals surface area contributed by atoms with Gasteiger partial charge >= 0.3 is 0 Å². The quantitative estimate of drug-likeness (QED) is 0.938. The summed E-state index contributed by atoms with van der Waals surface area (Å²) in [5.74, 6) is 0.656. The molecule has 1 aliphatic heterocycles. The molecule has 1 aliphatic rings. The molecule has 2 aromatic carbocycles. The molecule has 0 aliphatic carbocycles. The highest BCUT2D eigenvalue weighted by Gasteiger charge is 2.23. The summed E-state index contributed by atoms with van der Waals surface area (Å²) < 4.78 is 18.6. The van der Waals surface area contributed by atoms with Crippen molar-refractivity contribution in [3.8, 4) is 5.75 Å². The first-order valence-corrected chi connectivity index (χ1v) is 8.12. The van der Waals surface area contributed by atoms with E-state index in [1.54, 1.807) is 19.2 Å². The lowest BCUT2D eigenvalue weighted by atomic mass is 9.96. The Hall–Kier alpha value is -1.91. The van der Waals surface area contributed by atoms with Crippen molar-refractivity contribution in [1.82, 2.24) is 10.2 Å². The molecule has 1 atom stereocenters. The van der Waals surface area contributed by atoms with E-state index in [4.69, 9.17) is 4.74 Å². The first-order chi connectivity index (χ1) is 11.3. The van der Waals surface area contributed by atoms with Gasteiger partial charge in [-0.1, -0.05) is 24.3 Å². The van der Waals surface area contributed by atoms with Gasteiger partial charge in [-0.2, -0.15) is 0 Å². The maximum absolute atomic E-state index is 13.3. The molecule has 0 unspecified atom stereocenters. The molecule has 0 aromatic heterocycles. The molecule has 2 aromatic rings. The van der Waals surface area contributed by atoms with E-state index in [0.717, 1.165) is 43.9 Å². The largest absolute Gasteiger partial charge is 0.497 e. The van der Waals surface area contributed by atoms with Crippen LogP contribution in [0.1, 0.15) is 23.6 Å². The molecule has 0 spiro atoms. The summed E-state index contributed by atoms with van der Waals surface area (Å²) in [5.41, 5.74) is 2.33. The van der Waals surface area contributed by atoms with Crippen molar-refractivity contribution in [3.05, 3.63) is 65.5 Å². The maximum Gasteiger partial charge on any atom is 0.123 e. The van der Waals surface area contributed by atoms with Crippen LogP contribution in [0.3, 0.4) is 0 Å². The van der Waals surface area contributed by atoms with Crippen molar-refractivity contribution >= 4 is 0 Å². The molecule has 0 radical (unpaired) electrons. The lowest BCUT2D eigenvalue weighted by molar-refractivity contribution is 0.241. The van der Waals surface area contributed by atoms with Gasteiger partial charge in [-0.05, 0) is 48.4 Å². The van der Waals surface area contributed by atoms with Gasteiger partial charge in [0.25, 0.3) is 0 Å². The fourth-order valence-corrected chi connectivity index (χ4v) is 3.17. The normalized spacial score (nSPS) is 17.5. The van der Waals surface area contributed by atoms with Crippen LogP contribution >= 0.6 is 0 Å². The van der Waals surface area contributed by atoms with E-state index in [1.165, 1.54) is 5.56 Å². The van der Waals surface area contributed by atoms with Crippen molar-refractivity contribution in [3.63, 3.8) is 0 Å². The number of halogens is 1. The summed E-state index contributed by atoms with van der Waals surface area (Å²) in [5, 5.41) is 3.44. The number of hydrogen-bond donors (Lipinski definition) is 1. The molecule has 3 rings (SSSR count). The van der Waals surface area contributed by atoms with Crippen molar-refractivity contribution in [1.29, 1.82) is 0 Å². The molecular weight excluding hydrogens is 291 g/mol. The minimum absolute atomic E-state index is 0.140. The Morgan fingerprint density at radius 3 is 2.26 bits per heavy atom. The Bertz CT molecular complexity index is 604. The zero-order valence-corrected chi connectivity index (χ0v) is 13.5. The van der Waals surface area contributed by atoms with E-state index >= 15 is 0 Å². The molecule has 23 heavy (non-hydrogen) atoms. The Balaban J connectivity index is 1.95. The molecule has 4 heteroatoms. The van der Waals surface area contributed by atoms with E-state index in [0.29, 0.717) is 0 Å². The number of nitrogens with one attached hydrogen (secondary N) is 1. The van der Waals surface area contributed by atoms with Crippen molar-refractivity contribution in [2.45, 2.75) is 12.5 Å². The fraction of sp³-hybridized carbons (Fsp3) is 0.368. The van der Waals surface area contributed by atoms with Crippen LogP contribution in [-0.4, -0.2) is 38.2 Å². The highest BCUT2D eigenvalue weighted by atomic mass is 19.1. The number of methoxy groups -OCH3 is 1. The third-order valence-corrected chi connectivity index (χ3v) is 4.36. The Morgan fingerprint density at radius 2 is 1.61 bits per heavy atom. The van der Waals surface area contributed by atoms with Crippen LogP contribution in [0.25, 0.3) is 0 Å². The Morgan fingerprint density at radius 1 is 0.957 bits per heavy atom. The van der Waals surface area contributed by atoms with Gasteiger partial charge in [0.1, 0.15) is 11.6 Å². The average Bonchev–Trinajstić information content (AvgIpc) is 2.87. The molecule has 0 bridgehead atoms. The van der Waals surface area contributed by atoms with Gasteiger partial charge in [-0.3, -0.25) is 4.90 Å². The monoisotopic (exact) mass is 314 g/mol. The second-order valence-electron chi connectivity index (χ2n) is 5.87. The van der Waals surface area contributed by atoms with Crippen molar-refractivity contribution < 1.29 is 9.13 Å². The van der Waals surface area contributed by atoms with E-state index in [2.05, 4.69) is 22.3 Å². The van der Waals surface area contributed by atoms with Gasteiger partial charge in [0.05, 0.1) is 13.2 Å². The number of ether oxygens (including phenoxy) is 1. The molecule has 1 N–H and O–H groups in total. The van der Waals surface area contributed by atoms with E-state index < -0.39 is 0 Å². The van der Waals surface area contributed by atoms with Crippen LogP contribution < -0.4 is 10.1 Å². The van der Waals surface area contributed by atoms with Gasteiger partial charge < -0.3 is 10.1 Å². The minimum Gasteiger partial charge on any atom is -0.497 e. The van der Waals surface area contributed by atoms with E-state index in [1.807, 2.05) is 24.3 Å². The van der Waals surface area contributed by atoms with Gasteiger partial charge in [-0.15, -0.1) is 0 Å². The summed E-state index contributed by atoms with van der Waals surface area (Å²) in [7, 11) is 1.67. The van der Waals surface area contributed by atoms with E-state index in [-0.39, 0.29) is 11.9 Å². The zero-order valence-electron chi connectivity index (χ0n) is 13.5. The first kappa shape index (κ1) is 16.0. The second-order valence-corrected chi connectivity index (χ2v) is 5.87. The molecular formula is C19H23FN2O.